The first-order chi connectivity index (χ1) is 6.65. The van der Waals surface area contributed by atoms with Crippen LogP contribution >= 0.6 is 23.4 Å². The van der Waals surface area contributed by atoms with Crippen molar-refractivity contribution in [2.45, 2.75) is 6.92 Å². The maximum Gasteiger partial charge on any atom is 0.285 e. The number of hydrogen-bond acceptors (Lipinski definition) is 2. The Morgan fingerprint density at radius 1 is 1.43 bits per heavy atom. The number of rotatable bonds is 2. The summed E-state index contributed by atoms with van der Waals surface area (Å²) in [7, 11) is 1.76. The van der Waals surface area contributed by atoms with Gasteiger partial charge in [0.1, 0.15) is 0 Å². The zero-order valence-corrected chi connectivity index (χ0v) is 9.73. The minimum Gasteiger partial charge on any atom is -0.306 e. The number of benzene rings is 1. The standard InChI is InChI=1S/C10H12ClNOS/c1-3-14-10(13)12(2)9-6-4-8(11)5-7-9/h4-7H,3H2,1-2H3. The van der Waals surface area contributed by atoms with E-state index in [0.717, 1.165) is 11.4 Å². The van der Waals surface area contributed by atoms with E-state index in [-0.39, 0.29) is 5.24 Å². The molecule has 1 aromatic rings. The van der Waals surface area contributed by atoms with Crippen LogP contribution in [0.5, 0.6) is 0 Å². The first kappa shape index (κ1) is 11.4. The summed E-state index contributed by atoms with van der Waals surface area (Å²) in [6.07, 6.45) is 0. The monoisotopic (exact) mass is 229 g/mol. The Morgan fingerprint density at radius 3 is 2.50 bits per heavy atom. The van der Waals surface area contributed by atoms with Crippen LogP contribution in [0.15, 0.2) is 24.3 Å². The number of hydrogen-bond donors (Lipinski definition) is 0. The molecule has 0 radical (unpaired) electrons. The quantitative estimate of drug-likeness (QED) is 0.772. The fourth-order valence-corrected chi connectivity index (χ4v) is 1.66. The fourth-order valence-electron chi connectivity index (χ4n) is 0.990. The molecule has 2 nitrogen and oxygen atoms in total. The van der Waals surface area contributed by atoms with E-state index in [1.54, 1.807) is 24.1 Å². The molecule has 1 aromatic carbocycles. The topological polar surface area (TPSA) is 20.3 Å². The Bertz CT molecular complexity index is 312. The van der Waals surface area contributed by atoms with E-state index in [1.165, 1.54) is 11.8 Å². The van der Waals surface area contributed by atoms with Crippen LogP contribution in [0.2, 0.25) is 5.02 Å². The third kappa shape index (κ3) is 2.93. The van der Waals surface area contributed by atoms with Gasteiger partial charge in [-0.2, -0.15) is 0 Å². The lowest BCUT2D eigenvalue weighted by atomic mass is 10.3. The molecule has 0 spiro atoms. The highest BCUT2D eigenvalue weighted by molar-refractivity contribution is 8.13. The summed E-state index contributed by atoms with van der Waals surface area (Å²) in [5, 5.41) is 0.729. The van der Waals surface area contributed by atoms with Crippen LogP contribution in [0.4, 0.5) is 10.5 Å². The molecule has 0 aliphatic rings. The molecule has 0 saturated heterocycles. The summed E-state index contributed by atoms with van der Waals surface area (Å²) in [4.78, 5) is 13.1. The summed E-state index contributed by atoms with van der Waals surface area (Å²) < 4.78 is 0. The summed E-state index contributed by atoms with van der Waals surface area (Å²) in [6.45, 7) is 1.96. The van der Waals surface area contributed by atoms with Crippen molar-refractivity contribution in [3.05, 3.63) is 29.3 Å². The number of nitrogens with zero attached hydrogens (tertiary/aromatic N) is 1. The van der Waals surface area contributed by atoms with Crippen LogP contribution in [0, 0.1) is 0 Å². The normalized spacial score (nSPS) is 9.93. The van der Waals surface area contributed by atoms with Crippen molar-refractivity contribution >= 4 is 34.3 Å². The predicted molar refractivity (Wildman–Crippen MR) is 63.4 cm³/mol. The molecule has 0 heterocycles. The van der Waals surface area contributed by atoms with E-state index in [2.05, 4.69) is 0 Å². The molecule has 0 bridgehead atoms. The lowest BCUT2D eigenvalue weighted by Crippen LogP contribution is -2.21. The van der Waals surface area contributed by atoms with Gasteiger partial charge in [-0.15, -0.1) is 0 Å². The summed E-state index contributed by atoms with van der Waals surface area (Å²) in [6, 6.07) is 7.21. The maximum atomic E-state index is 11.5. The molecule has 0 unspecified atom stereocenters. The Labute approximate surface area is 93.2 Å². The number of anilines is 1. The second-order valence-corrected chi connectivity index (χ2v) is 4.39. The van der Waals surface area contributed by atoms with E-state index < -0.39 is 0 Å². The third-order valence-corrected chi connectivity index (χ3v) is 2.82. The van der Waals surface area contributed by atoms with Crippen LogP contribution in [-0.4, -0.2) is 18.0 Å². The van der Waals surface area contributed by atoms with Crippen LogP contribution < -0.4 is 4.90 Å². The Balaban J connectivity index is 2.73. The Hall–Kier alpha value is -0.670. The third-order valence-electron chi connectivity index (χ3n) is 1.76. The van der Waals surface area contributed by atoms with Gasteiger partial charge in [0, 0.05) is 17.8 Å². The number of amides is 1. The highest BCUT2D eigenvalue weighted by atomic mass is 35.5. The highest BCUT2D eigenvalue weighted by Crippen LogP contribution is 2.19. The van der Waals surface area contributed by atoms with Crippen LogP contribution in [0.25, 0.3) is 0 Å². The van der Waals surface area contributed by atoms with Crippen LogP contribution in [0.3, 0.4) is 0 Å². The molecule has 0 aliphatic carbocycles. The van der Waals surface area contributed by atoms with Gasteiger partial charge in [0.15, 0.2) is 0 Å². The van der Waals surface area contributed by atoms with Crippen LogP contribution in [0.1, 0.15) is 6.92 Å². The zero-order valence-electron chi connectivity index (χ0n) is 8.16. The molecule has 0 aromatic heterocycles. The number of carbonyl (C=O) groups excluding carboxylic acids is 1. The fraction of sp³-hybridized carbons (Fsp3) is 0.300. The van der Waals surface area contributed by atoms with Crippen molar-refractivity contribution in [3.63, 3.8) is 0 Å². The van der Waals surface area contributed by atoms with Crippen molar-refractivity contribution in [3.8, 4) is 0 Å². The molecule has 0 fully saturated rings. The van der Waals surface area contributed by atoms with Gasteiger partial charge in [-0.05, 0) is 30.0 Å². The molecule has 1 rings (SSSR count). The summed E-state index contributed by atoms with van der Waals surface area (Å²) in [5.74, 6) is 0.788. The van der Waals surface area contributed by atoms with Gasteiger partial charge < -0.3 is 4.90 Å². The van der Waals surface area contributed by atoms with Gasteiger partial charge in [-0.1, -0.05) is 30.3 Å². The van der Waals surface area contributed by atoms with Gasteiger partial charge in [-0.3, -0.25) is 4.79 Å². The molecular formula is C10H12ClNOS. The molecule has 1 amide bonds. The molecule has 0 saturated carbocycles. The molecular weight excluding hydrogens is 218 g/mol. The molecule has 0 atom stereocenters. The van der Waals surface area contributed by atoms with Gasteiger partial charge in [-0.25, -0.2) is 0 Å². The van der Waals surface area contributed by atoms with Crippen molar-refractivity contribution < 1.29 is 4.79 Å². The Kier molecular flexibility index (Phi) is 4.29. The van der Waals surface area contributed by atoms with Gasteiger partial charge in [0.05, 0.1) is 0 Å². The SMILES string of the molecule is CCSC(=O)N(C)c1ccc(Cl)cc1. The van der Waals surface area contributed by atoms with Gasteiger partial charge in [0.2, 0.25) is 0 Å². The predicted octanol–water partition coefficient (Wildman–Crippen LogP) is 3.65. The molecule has 0 N–H and O–H groups in total. The van der Waals surface area contributed by atoms with E-state index >= 15 is 0 Å². The lowest BCUT2D eigenvalue weighted by molar-refractivity contribution is 0.266. The second kappa shape index (κ2) is 5.27. The largest absolute Gasteiger partial charge is 0.306 e. The molecule has 4 heteroatoms. The minimum atomic E-state index is 0.0508. The number of carbonyl (C=O) groups is 1. The second-order valence-electron chi connectivity index (χ2n) is 2.73. The smallest absolute Gasteiger partial charge is 0.285 e. The van der Waals surface area contributed by atoms with Gasteiger partial charge >= 0.3 is 0 Å². The van der Waals surface area contributed by atoms with Gasteiger partial charge in [0.25, 0.3) is 5.24 Å². The van der Waals surface area contributed by atoms with E-state index in [4.69, 9.17) is 11.6 Å². The van der Waals surface area contributed by atoms with E-state index in [1.807, 2.05) is 19.1 Å². The zero-order chi connectivity index (χ0) is 10.6. The lowest BCUT2D eigenvalue weighted by Gasteiger charge is -2.15. The maximum absolute atomic E-state index is 11.5. The van der Waals surface area contributed by atoms with Crippen molar-refractivity contribution in [1.29, 1.82) is 0 Å². The van der Waals surface area contributed by atoms with Crippen molar-refractivity contribution in [2.24, 2.45) is 0 Å². The minimum absolute atomic E-state index is 0.0508. The average Bonchev–Trinajstić information content (AvgIpc) is 2.18. The number of thioether (sulfide) groups is 1. The molecule has 0 aliphatic heterocycles. The van der Waals surface area contributed by atoms with Crippen LogP contribution in [-0.2, 0) is 0 Å². The highest BCUT2D eigenvalue weighted by Gasteiger charge is 2.09. The Morgan fingerprint density at radius 2 is 2.00 bits per heavy atom. The first-order valence-corrected chi connectivity index (χ1v) is 5.67. The summed E-state index contributed by atoms with van der Waals surface area (Å²) in [5.41, 5.74) is 0.861. The van der Waals surface area contributed by atoms with E-state index in [9.17, 15) is 4.79 Å². The van der Waals surface area contributed by atoms with Crippen molar-refractivity contribution in [2.75, 3.05) is 17.7 Å². The molecule has 76 valence electrons. The first-order valence-electron chi connectivity index (χ1n) is 4.31. The summed E-state index contributed by atoms with van der Waals surface area (Å²) >= 11 is 7.04. The van der Waals surface area contributed by atoms with E-state index in [0.29, 0.717) is 5.02 Å². The molecule has 14 heavy (non-hydrogen) atoms. The average molecular weight is 230 g/mol. The van der Waals surface area contributed by atoms with Crippen molar-refractivity contribution in [1.82, 2.24) is 0 Å². The number of halogens is 1.